The van der Waals surface area contributed by atoms with Gasteiger partial charge in [-0.25, -0.2) is 4.98 Å². The van der Waals surface area contributed by atoms with E-state index in [0.29, 0.717) is 0 Å². The quantitative estimate of drug-likeness (QED) is 0.842. The Morgan fingerprint density at radius 3 is 2.68 bits per heavy atom. The summed E-state index contributed by atoms with van der Waals surface area (Å²) in [6.45, 7) is 5.99. The molecule has 1 N–H and O–H groups in total. The van der Waals surface area contributed by atoms with Crippen molar-refractivity contribution in [1.29, 1.82) is 0 Å². The Hall–Kier alpha value is -1.23. The number of rotatable bonds is 7. The molecule has 0 saturated heterocycles. The third kappa shape index (κ3) is 4.42. The van der Waals surface area contributed by atoms with Gasteiger partial charge < -0.3 is 5.32 Å². The van der Waals surface area contributed by atoms with Crippen molar-refractivity contribution in [2.24, 2.45) is 0 Å². The number of aromatic nitrogens is 1. The van der Waals surface area contributed by atoms with E-state index in [1.165, 1.54) is 11.3 Å². The van der Waals surface area contributed by atoms with Gasteiger partial charge in [-0.2, -0.15) is 0 Å². The molecule has 0 bridgehead atoms. The maximum Gasteiger partial charge on any atom is 0.107 e. The zero-order valence-electron chi connectivity index (χ0n) is 11.6. The maximum atomic E-state index is 4.64. The zero-order valence-corrected chi connectivity index (χ0v) is 12.4. The minimum Gasteiger partial charge on any atom is -0.314 e. The Labute approximate surface area is 119 Å². The van der Waals surface area contributed by atoms with Gasteiger partial charge in [-0.15, -0.1) is 11.3 Å². The van der Waals surface area contributed by atoms with Crippen LogP contribution < -0.4 is 5.32 Å². The maximum absolute atomic E-state index is 4.64. The first-order chi connectivity index (χ1) is 9.31. The van der Waals surface area contributed by atoms with Crippen molar-refractivity contribution >= 4 is 11.3 Å². The molecule has 1 aromatic heterocycles. The molecule has 1 aromatic carbocycles. The minimum atomic E-state index is 0.857. The lowest BCUT2D eigenvalue weighted by Crippen LogP contribution is -2.22. The van der Waals surface area contributed by atoms with Crippen molar-refractivity contribution in [3.63, 3.8) is 0 Å². The van der Waals surface area contributed by atoms with E-state index in [1.54, 1.807) is 11.3 Å². The number of thiazole rings is 1. The highest BCUT2D eigenvalue weighted by molar-refractivity contribution is 7.09. The van der Waals surface area contributed by atoms with E-state index >= 15 is 0 Å². The van der Waals surface area contributed by atoms with E-state index in [9.17, 15) is 0 Å². The van der Waals surface area contributed by atoms with Gasteiger partial charge in [0, 0.05) is 25.0 Å². The summed E-state index contributed by atoms with van der Waals surface area (Å²) in [4.78, 5) is 7.05. The van der Waals surface area contributed by atoms with Gasteiger partial charge in [0.15, 0.2) is 0 Å². The summed E-state index contributed by atoms with van der Waals surface area (Å²) in [6.07, 6.45) is 0. The molecule has 0 atom stereocenters. The monoisotopic (exact) mass is 275 g/mol. The SMILES string of the molecule is CCN(Cc1ccccc1)Cc1csc(CNC)n1. The molecule has 2 rings (SSSR count). The Kier molecular flexibility index (Phi) is 5.51. The van der Waals surface area contributed by atoms with Gasteiger partial charge in [0.25, 0.3) is 0 Å². The molecular weight excluding hydrogens is 254 g/mol. The summed E-state index contributed by atoms with van der Waals surface area (Å²) < 4.78 is 0. The van der Waals surface area contributed by atoms with Crippen LogP contribution in [0, 0.1) is 0 Å². The first-order valence-corrected chi connectivity index (χ1v) is 7.54. The molecule has 0 aliphatic rings. The van der Waals surface area contributed by atoms with Crippen LogP contribution in [0.3, 0.4) is 0 Å². The smallest absolute Gasteiger partial charge is 0.107 e. The highest BCUT2D eigenvalue weighted by Crippen LogP contribution is 2.13. The van der Waals surface area contributed by atoms with E-state index in [0.717, 1.165) is 31.2 Å². The highest BCUT2D eigenvalue weighted by Gasteiger charge is 2.08. The molecule has 0 aliphatic carbocycles. The molecule has 102 valence electrons. The minimum absolute atomic E-state index is 0.857. The molecule has 0 unspecified atom stereocenters. The van der Waals surface area contributed by atoms with Gasteiger partial charge in [-0.3, -0.25) is 4.90 Å². The second-order valence-electron chi connectivity index (χ2n) is 4.55. The van der Waals surface area contributed by atoms with Crippen molar-refractivity contribution in [2.75, 3.05) is 13.6 Å². The lowest BCUT2D eigenvalue weighted by Gasteiger charge is -2.19. The van der Waals surface area contributed by atoms with Gasteiger partial charge in [0.2, 0.25) is 0 Å². The fourth-order valence-corrected chi connectivity index (χ4v) is 2.80. The summed E-state index contributed by atoms with van der Waals surface area (Å²) >= 11 is 1.73. The topological polar surface area (TPSA) is 28.2 Å². The van der Waals surface area contributed by atoms with Crippen LogP contribution in [-0.2, 0) is 19.6 Å². The van der Waals surface area contributed by atoms with Crippen molar-refractivity contribution in [3.05, 3.63) is 52.0 Å². The predicted molar refractivity (Wildman–Crippen MR) is 81.1 cm³/mol. The van der Waals surface area contributed by atoms with Crippen LogP contribution in [0.5, 0.6) is 0 Å². The first kappa shape index (κ1) is 14.2. The van der Waals surface area contributed by atoms with Crippen LogP contribution in [0.1, 0.15) is 23.2 Å². The molecule has 0 amide bonds. The molecule has 0 saturated carbocycles. The molecule has 0 aliphatic heterocycles. The van der Waals surface area contributed by atoms with E-state index in [2.05, 4.69) is 57.8 Å². The van der Waals surface area contributed by atoms with E-state index in [4.69, 9.17) is 0 Å². The molecule has 1 heterocycles. The number of nitrogens with one attached hydrogen (secondary N) is 1. The van der Waals surface area contributed by atoms with Crippen molar-refractivity contribution < 1.29 is 0 Å². The molecule has 0 fully saturated rings. The predicted octanol–water partition coefficient (Wildman–Crippen LogP) is 2.88. The normalized spacial score (nSPS) is 11.1. The molecule has 2 aromatic rings. The van der Waals surface area contributed by atoms with Gasteiger partial charge in [0.1, 0.15) is 5.01 Å². The Balaban J connectivity index is 1.94. The summed E-state index contributed by atoms with van der Waals surface area (Å²) in [5.74, 6) is 0. The van der Waals surface area contributed by atoms with Crippen LogP contribution in [0.25, 0.3) is 0 Å². The zero-order chi connectivity index (χ0) is 13.5. The van der Waals surface area contributed by atoms with Crippen molar-refractivity contribution in [2.45, 2.75) is 26.6 Å². The standard InChI is InChI=1S/C15H21N3S/c1-3-18(10-13-7-5-4-6-8-13)11-14-12-19-15(17-14)9-16-2/h4-8,12,16H,3,9-11H2,1-2H3. The van der Waals surface area contributed by atoms with Gasteiger partial charge >= 0.3 is 0 Å². The average molecular weight is 275 g/mol. The fraction of sp³-hybridized carbons (Fsp3) is 0.400. The van der Waals surface area contributed by atoms with Gasteiger partial charge in [0.05, 0.1) is 5.69 Å². The summed E-state index contributed by atoms with van der Waals surface area (Å²) in [7, 11) is 1.95. The number of benzene rings is 1. The van der Waals surface area contributed by atoms with Crippen molar-refractivity contribution in [1.82, 2.24) is 15.2 Å². The Morgan fingerprint density at radius 2 is 2.00 bits per heavy atom. The first-order valence-electron chi connectivity index (χ1n) is 6.66. The Morgan fingerprint density at radius 1 is 1.21 bits per heavy atom. The van der Waals surface area contributed by atoms with Gasteiger partial charge in [-0.1, -0.05) is 37.3 Å². The van der Waals surface area contributed by atoms with Crippen LogP contribution in [0.15, 0.2) is 35.7 Å². The average Bonchev–Trinajstić information content (AvgIpc) is 2.87. The highest BCUT2D eigenvalue weighted by atomic mass is 32.1. The molecule has 19 heavy (non-hydrogen) atoms. The van der Waals surface area contributed by atoms with Crippen LogP contribution in [0.4, 0.5) is 0 Å². The largest absolute Gasteiger partial charge is 0.314 e. The summed E-state index contributed by atoms with van der Waals surface area (Å²) in [5.41, 5.74) is 2.53. The van der Waals surface area contributed by atoms with Crippen molar-refractivity contribution in [3.8, 4) is 0 Å². The number of nitrogens with zero attached hydrogens (tertiary/aromatic N) is 2. The molecule has 0 spiro atoms. The lowest BCUT2D eigenvalue weighted by molar-refractivity contribution is 0.268. The fourth-order valence-electron chi connectivity index (χ4n) is 2.00. The van der Waals surface area contributed by atoms with E-state index < -0.39 is 0 Å². The molecule has 0 radical (unpaired) electrons. The van der Waals surface area contributed by atoms with Gasteiger partial charge in [-0.05, 0) is 19.2 Å². The second kappa shape index (κ2) is 7.38. The second-order valence-corrected chi connectivity index (χ2v) is 5.49. The molecule has 3 nitrogen and oxygen atoms in total. The van der Waals surface area contributed by atoms with Crippen LogP contribution >= 0.6 is 11.3 Å². The third-order valence-corrected chi connectivity index (χ3v) is 3.91. The third-order valence-electron chi connectivity index (χ3n) is 3.01. The van der Waals surface area contributed by atoms with Crippen LogP contribution in [0.2, 0.25) is 0 Å². The summed E-state index contributed by atoms with van der Waals surface area (Å²) in [5, 5.41) is 6.47. The lowest BCUT2D eigenvalue weighted by atomic mass is 10.2. The van der Waals surface area contributed by atoms with E-state index in [1.807, 2.05) is 7.05 Å². The summed E-state index contributed by atoms with van der Waals surface area (Å²) in [6, 6.07) is 10.6. The Bertz CT molecular complexity index is 481. The number of hydrogen-bond acceptors (Lipinski definition) is 4. The van der Waals surface area contributed by atoms with Crippen LogP contribution in [-0.4, -0.2) is 23.5 Å². The van der Waals surface area contributed by atoms with E-state index in [-0.39, 0.29) is 0 Å². The molecular formula is C15H21N3S. The number of hydrogen-bond donors (Lipinski definition) is 1. The molecule has 4 heteroatoms.